The molecule has 2 unspecified atom stereocenters. The van der Waals surface area contributed by atoms with Crippen LogP contribution in [0.2, 0.25) is 13.1 Å². The van der Waals surface area contributed by atoms with Crippen LogP contribution in [0.4, 0.5) is 0 Å². The highest BCUT2D eigenvalue weighted by molar-refractivity contribution is 6.57. The molecule has 3 nitrogen and oxygen atoms in total. The van der Waals surface area contributed by atoms with E-state index in [-0.39, 0.29) is 5.92 Å². The standard InChI is InChI=1S/C10H18O3Si/c1-7(10(11)12)8-4-5-13-9(6-8)14(2)3/h8-9,14H,1,4-6H2,2-3H3,(H,11,12). The van der Waals surface area contributed by atoms with E-state index in [9.17, 15) is 4.79 Å². The molecule has 1 saturated heterocycles. The predicted molar refractivity (Wildman–Crippen MR) is 58.1 cm³/mol. The predicted octanol–water partition coefficient (Wildman–Crippen LogP) is 1.45. The molecule has 0 aromatic rings. The maximum Gasteiger partial charge on any atom is 0.331 e. The van der Waals surface area contributed by atoms with Gasteiger partial charge in [-0.15, -0.1) is 0 Å². The van der Waals surface area contributed by atoms with Crippen LogP contribution in [-0.4, -0.2) is 32.2 Å². The zero-order valence-corrected chi connectivity index (χ0v) is 9.98. The monoisotopic (exact) mass is 214 g/mol. The van der Waals surface area contributed by atoms with Crippen LogP contribution in [0.15, 0.2) is 12.2 Å². The summed E-state index contributed by atoms with van der Waals surface area (Å²) in [6.07, 6.45) is 1.66. The van der Waals surface area contributed by atoms with Crippen LogP contribution in [0.3, 0.4) is 0 Å². The Kier molecular flexibility index (Phi) is 3.89. The van der Waals surface area contributed by atoms with Gasteiger partial charge in [-0.05, 0) is 18.8 Å². The Morgan fingerprint density at radius 2 is 2.21 bits per heavy atom. The Morgan fingerprint density at radius 1 is 1.57 bits per heavy atom. The van der Waals surface area contributed by atoms with Gasteiger partial charge in [-0.25, -0.2) is 4.79 Å². The van der Waals surface area contributed by atoms with Gasteiger partial charge in [0.25, 0.3) is 0 Å². The highest BCUT2D eigenvalue weighted by Gasteiger charge is 2.29. The van der Waals surface area contributed by atoms with Gasteiger partial charge in [-0.2, -0.15) is 0 Å². The van der Waals surface area contributed by atoms with Crippen LogP contribution in [0, 0.1) is 5.92 Å². The molecule has 0 aliphatic carbocycles. The summed E-state index contributed by atoms with van der Waals surface area (Å²) in [5.41, 5.74) is 0.679. The van der Waals surface area contributed by atoms with Crippen LogP contribution < -0.4 is 0 Å². The number of carboxylic acid groups (broad SMARTS) is 1. The minimum absolute atomic E-state index is 0.126. The normalized spacial score (nSPS) is 27.6. The number of hydrogen-bond acceptors (Lipinski definition) is 2. The van der Waals surface area contributed by atoms with E-state index in [1.165, 1.54) is 0 Å². The van der Waals surface area contributed by atoms with Gasteiger partial charge in [0.15, 0.2) is 0 Å². The van der Waals surface area contributed by atoms with Crippen molar-refractivity contribution in [1.82, 2.24) is 0 Å². The van der Waals surface area contributed by atoms with Crippen molar-refractivity contribution in [1.29, 1.82) is 0 Å². The van der Waals surface area contributed by atoms with Crippen molar-refractivity contribution in [2.24, 2.45) is 5.92 Å². The average Bonchev–Trinajstić information content (AvgIpc) is 2.16. The lowest BCUT2D eigenvalue weighted by Gasteiger charge is -2.31. The number of carbonyl (C=O) groups is 1. The highest BCUT2D eigenvalue weighted by atomic mass is 28.3. The summed E-state index contributed by atoms with van der Waals surface area (Å²) >= 11 is 0. The van der Waals surface area contributed by atoms with Crippen LogP contribution >= 0.6 is 0 Å². The molecular weight excluding hydrogens is 196 g/mol. The molecule has 1 aliphatic heterocycles. The van der Waals surface area contributed by atoms with Crippen LogP contribution in [-0.2, 0) is 9.53 Å². The van der Waals surface area contributed by atoms with Gasteiger partial charge in [0.05, 0.1) is 8.80 Å². The Bertz CT molecular complexity index is 238. The highest BCUT2D eigenvalue weighted by Crippen LogP contribution is 2.27. The molecule has 1 aliphatic rings. The number of carboxylic acids is 1. The fourth-order valence-corrected chi connectivity index (χ4v) is 3.18. The van der Waals surface area contributed by atoms with Gasteiger partial charge in [0.1, 0.15) is 0 Å². The number of rotatable bonds is 3. The molecule has 2 atom stereocenters. The molecule has 80 valence electrons. The van der Waals surface area contributed by atoms with Crippen molar-refractivity contribution < 1.29 is 14.6 Å². The summed E-state index contributed by atoms with van der Waals surface area (Å²) in [5.74, 6) is -0.734. The van der Waals surface area contributed by atoms with E-state index in [2.05, 4.69) is 19.7 Å². The third-order valence-electron chi connectivity index (χ3n) is 2.83. The maximum absolute atomic E-state index is 10.7. The molecule has 0 saturated carbocycles. The van der Waals surface area contributed by atoms with E-state index < -0.39 is 14.8 Å². The largest absolute Gasteiger partial charge is 0.478 e. The molecule has 4 heteroatoms. The van der Waals surface area contributed by atoms with E-state index in [0.29, 0.717) is 17.9 Å². The average molecular weight is 214 g/mol. The summed E-state index contributed by atoms with van der Waals surface area (Å²) in [6.45, 7) is 8.78. The first-order valence-electron chi connectivity index (χ1n) is 5.06. The summed E-state index contributed by atoms with van der Waals surface area (Å²) in [7, 11) is -0.819. The maximum atomic E-state index is 10.7. The van der Waals surface area contributed by atoms with Crippen molar-refractivity contribution in [3.05, 3.63) is 12.2 Å². The quantitative estimate of drug-likeness (QED) is 0.571. The van der Waals surface area contributed by atoms with Crippen molar-refractivity contribution >= 4 is 14.8 Å². The first-order chi connectivity index (χ1) is 6.52. The van der Waals surface area contributed by atoms with E-state index in [1.54, 1.807) is 0 Å². The van der Waals surface area contributed by atoms with Gasteiger partial charge >= 0.3 is 5.97 Å². The molecule has 0 amide bonds. The summed E-state index contributed by atoms with van der Waals surface area (Å²) in [5, 5.41) is 8.83. The fraction of sp³-hybridized carbons (Fsp3) is 0.700. The third-order valence-corrected chi connectivity index (χ3v) is 4.78. The second kappa shape index (κ2) is 4.75. The molecule has 1 rings (SSSR count). The van der Waals surface area contributed by atoms with Crippen molar-refractivity contribution in [2.75, 3.05) is 6.61 Å². The molecule has 1 fully saturated rings. The molecule has 0 aromatic carbocycles. The fourth-order valence-electron chi connectivity index (χ4n) is 1.78. The zero-order valence-electron chi connectivity index (χ0n) is 8.82. The number of aliphatic carboxylic acids is 1. The molecule has 0 spiro atoms. The first kappa shape index (κ1) is 11.5. The summed E-state index contributed by atoms with van der Waals surface area (Å²) in [6, 6.07) is 0. The topological polar surface area (TPSA) is 46.5 Å². The Labute approximate surface area is 86.4 Å². The second-order valence-electron chi connectivity index (χ2n) is 4.20. The van der Waals surface area contributed by atoms with Gasteiger partial charge in [-0.1, -0.05) is 19.7 Å². The first-order valence-corrected chi connectivity index (χ1v) is 8.03. The lowest BCUT2D eigenvalue weighted by Crippen LogP contribution is -2.36. The van der Waals surface area contributed by atoms with E-state index in [4.69, 9.17) is 9.84 Å². The van der Waals surface area contributed by atoms with Gasteiger partial charge in [0.2, 0.25) is 0 Å². The van der Waals surface area contributed by atoms with Crippen LogP contribution in [0.1, 0.15) is 12.8 Å². The Morgan fingerprint density at radius 3 is 2.71 bits per heavy atom. The summed E-state index contributed by atoms with van der Waals surface area (Å²) in [4.78, 5) is 10.7. The van der Waals surface area contributed by atoms with Crippen molar-refractivity contribution in [3.8, 4) is 0 Å². The van der Waals surface area contributed by atoms with E-state index in [1.807, 2.05) is 0 Å². The van der Waals surface area contributed by atoms with Crippen molar-refractivity contribution in [3.63, 3.8) is 0 Å². The molecule has 0 radical (unpaired) electrons. The van der Waals surface area contributed by atoms with E-state index in [0.717, 1.165) is 12.8 Å². The van der Waals surface area contributed by atoms with Crippen molar-refractivity contribution in [2.45, 2.75) is 31.7 Å². The molecule has 1 heterocycles. The minimum Gasteiger partial charge on any atom is -0.478 e. The molecule has 0 aromatic heterocycles. The number of hydrogen-bond donors (Lipinski definition) is 1. The molecular formula is C10H18O3Si. The van der Waals surface area contributed by atoms with Gasteiger partial charge < -0.3 is 9.84 Å². The minimum atomic E-state index is -0.860. The molecule has 1 N–H and O–H groups in total. The van der Waals surface area contributed by atoms with Gasteiger partial charge in [0, 0.05) is 17.9 Å². The lowest BCUT2D eigenvalue weighted by molar-refractivity contribution is -0.133. The van der Waals surface area contributed by atoms with Crippen LogP contribution in [0.25, 0.3) is 0 Å². The molecule has 14 heavy (non-hydrogen) atoms. The van der Waals surface area contributed by atoms with Gasteiger partial charge in [-0.3, -0.25) is 0 Å². The number of ether oxygens (including phenoxy) is 1. The SMILES string of the molecule is C=C(C(=O)O)C1CCOC([SiH](C)C)C1. The second-order valence-corrected chi connectivity index (χ2v) is 7.44. The zero-order chi connectivity index (χ0) is 10.7. The summed E-state index contributed by atoms with van der Waals surface area (Å²) < 4.78 is 5.63. The van der Waals surface area contributed by atoms with Crippen LogP contribution in [0.5, 0.6) is 0 Å². The van der Waals surface area contributed by atoms with E-state index >= 15 is 0 Å². The lowest BCUT2D eigenvalue weighted by atomic mass is 9.92. The Hall–Kier alpha value is -0.613. The smallest absolute Gasteiger partial charge is 0.331 e. The Balaban J connectivity index is 2.56. The molecule has 0 bridgehead atoms. The third kappa shape index (κ3) is 2.69.